The fourth-order valence-electron chi connectivity index (χ4n) is 3.71. The van der Waals surface area contributed by atoms with E-state index in [2.05, 4.69) is 30.3 Å². The maximum atomic E-state index is 12.5. The molecular formula is C21H29N3O2. The second kappa shape index (κ2) is 8.49. The van der Waals surface area contributed by atoms with Gasteiger partial charge in [-0.1, -0.05) is 25.1 Å². The van der Waals surface area contributed by atoms with Crippen molar-refractivity contribution in [3.63, 3.8) is 0 Å². The van der Waals surface area contributed by atoms with Gasteiger partial charge in [-0.25, -0.2) is 0 Å². The van der Waals surface area contributed by atoms with Crippen LogP contribution in [0.3, 0.4) is 0 Å². The summed E-state index contributed by atoms with van der Waals surface area (Å²) in [6, 6.07) is 11.7. The van der Waals surface area contributed by atoms with Crippen LogP contribution in [0.2, 0.25) is 0 Å². The highest BCUT2D eigenvalue weighted by atomic mass is 16.5. The second-order valence-electron chi connectivity index (χ2n) is 7.24. The first-order valence-corrected chi connectivity index (χ1v) is 9.57. The molecular weight excluding hydrogens is 326 g/mol. The normalized spacial score (nSPS) is 23.0. The molecule has 2 aromatic rings. The molecule has 1 aromatic carbocycles. The van der Waals surface area contributed by atoms with Gasteiger partial charge in [-0.15, -0.1) is 0 Å². The Bertz CT molecular complexity index is 726. The summed E-state index contributed by atoms with van der Waals surface area (Å²) in [7, 11) is 0. The van der Waals surface area contributed by atoms with Crippen molar-refractivity contribution in [1.82, 2.24) is 15.1 Å². The van der Waals surface area contributed by atoms with Crippen LogP contribution < -0.4 is 5.32 Å². The Morgan fingerprint density at radius 1 is 1.23 bits per heavy atom. The molecule has 3 atom stereocenters. The molecule has 5 nitrogen and oxygen atoms in total. The van der Waals surface area contributed by atoms with Gasteiger partial charge in [0, 0.05) is 23.8 Å². The molecule has 3 rings (SSSR count). The van der Waals surface area contributed by atoms with Crippen LogP contribution in [0.15, 0.2) is 36.4 Å². The highest BCUT2D eigenvalue weighted by Gasteiger charge is 2.29. The summed E-state index contributed by atoms with van der Waals surface area (Å²) in [6.45, 7) is 7.09. The van der Waals surface area contributed by atoms with Gasteiger partial charge >= 0.3 is 0 Å². The van der Waals surface area contributed by atoms with Gasteiger partial charge in [-0.05, 0) is 57.7 Å². The summed E-state index contributed by atoms with van der Waals surface area (Å²) in [4.78, 5) is 12.5. The van der Waals surface area contributed by atoms with Crippen LogP contribution in [0, 0.1) is 13.8 Å². The summed E-state index contributed by atoms with van der Waals surface area (Å²) in [5, 5.41) is 7.73. The number of rotatable bonds is 6. The lowest BCUT2D eigenvalue weighted by Gasteiger charge is -2.35. The van der Waals surface area contributed by atoms with Gasteiger partial charge in [-0.3, -0.25) is 9.48 Å². The summed E-state index contributed by atoms with van der Waals surface area (Å²) in [5.41, 5.74) is 2.94. The number of aromatic nitrogens is 2. The minimum atomic E-state index is 0.00430. The lowest BCUT2D eigenvalue weighted by atomic mass is 9.95. The first kappa shape index (κ1) is 18.6. The number of carbonyl (C=O) groups is 1. The molecule has 0 spiro atoms. The lowest BCUT2D eigenvalue weighted by molar-refractivity contribution is -0.0661. The molecule has 1 amide bonds. The van der Waals surface area contributed by atoms with E-state index in [-0.39, 0.29) is 24.2 Å². The molecule has 0 aliphatic carbocycles. The van der Waals surface area contributed by atoms with Crippen LogP contribution in [-0.2, 0) is 11.3 Å². The summed E-state index contributed by atoms with van der Waals surface area (Å²) in [6.07, 6.45) is 3.97. The standard InChI is InChI=1S/C21H29N3O2/c1-4-19-13-18(22-21(25)17-8-6-5-7-9-17)14-20(26-19)10-11-24-16(3)12-15(2)23-24/h5-9,12,18-20H,4,10-11,13-14H2,1-3H3,(H,22,25)/t18-,19+,20-/m1/s1. The Kier molecular flexibility index (Phi) is 6.09. The number of nitrogens with zero attached hydrogens (tertiary/aromatic N) is 2. The Morgan fingerprint density at radius 3 is 2.62 bits per heavy atom. The van der Waals surface area contributed by atoms with E-state index in [9.17, 15) is 4.79 Å². The number of nitrogens with one attached hydrogen (secondary N) is 1. The van der Waals surface area contributed by atoms with Gasteiger partial charge in [0.05, 0.1) is 17.9 Å². The maximum absolute atomic E-state index is 12.5. The third-order valence-corrected chi connectivity index (χ3v) is 5.07. The minimum absolute atomic E-state index is 0.00430. The van der Waals surface area contributed by atoms with Crippen LogP contribution in [0.5, 0.6) is 0 Å². The summed E-state index contributed by atoms with van der Waals surface area (Å²) in [5.74, 6) is 0.00430. The Hall–Kier alpha value is -2.14. The van der Waals surface area contributed by atoms with E-state index in [1.54, 1.807) is 0 Å². The number of benzene rings is 1. The molecule has 1 N–H and O–H groups in total. The second-order valence-corrected chi connectivity index (χ2v) is 7.24. The maximum Gasteiger partial charge on any atom is 0.251 e. The molecule has 0 saturated carbocycles. The Labute approximate surface area is 155 Å². The number of hydrogen-bond acceptors (Lipinski definition) is 3. The third-order valence-electron chi connectivity index (χ3n) is 5.07. The number of carbonyl (C=O) groups excluding carboxylic acids is 1. The van der Waals surface area contributed by atoms with Crippen molar-refractivity contribution in [2.24, 2.45) is 0 Å². The van der Waals surface area contributed by atoms with E-state index in [4.69, 9.17) is 4.74 Å². The predicted molar refractivity (Wildman–Crippen MR) is 102 cm³/mol. The van der Waals surface area contributed by atoms with Gasteiger partial charge in [-0.2, -0.15) is 5.10 Å². The zero-order valence-electron chi connectivity index (χ0n) is 15.9. The average Bonchev–Trinajstić information content (AvgIpc) is 2.97. The average molecular weight is 355 g/mol. The molecule has 0 radical (unpaired) electrons. The van der Waals surface area contributed by atoms with E-state index in [1.807, 2.05) is 41.9 Å². The van der Waals surface area contributed by atoms with Crippen molar-refractivity contribution in [3.8, 4) is 0 Å². The first-order valence-electron chi connectivity index (χ1n) is 9.57. The topological polar surface area (TPSA) is 56.2 Å². The fraction of sp³-hybridized carbons (Fsp3) is 0.524. The van der Waals surface area contributed by atoms with E-state index >= 15 is 0 Å². The van der Waals surface area contributed by atoms with Crippen LogP contribution in [-0.4, -0.2) is 33.9 Å². The Balaban J connectivity index is 1.59. The molecule has 26 heavy (non-hydrogen) atoms. The third kappa shape index (κ3) is 4.73. The van der Waals surface area contributed by atoms with Crippen LogP contribution in [0.4, 0.5) is 0 Å². The van der Waals surface area contributed by atoms with Gasteiger partial charge < -0.3 is 10.1 Å². The molecule has 1 fully saturated rings. The zero-order valence-corrected chi connectivity index (χ0v) is 15.9. The van der Waals surface area contributed by atoms with Crippen molar-refractivity contribution < 1.29 is 9.53 Å². The van der Waals surface area contributed by atoms with Crippen molar-refractivity contribution in [2.45, 2.75) is 71.2 Å². The predicted octanol–water partition coefficient (Wildman–Crippen LogP) is 3.65. The number of aryl methyl sites for hydroxylation is 3. The van der Waals surface area contributed by atoms with E-state index in [1.165, 1.54) is 5.69 Å². The Morgan fingerprint density at radius 2 is 1.96 bits per heavy atom. The molecule has 0 unspecified atom stereocenters. The number of amides is 1. The van der Waals surface area contributed by atoms with Crippen LogP contribution in [0.1, 0.15) is 54.4 Å². The molecule has 2 heterocycles. The first-order chi connectivity index (χ1) is 12.5. The largest absolute Gasteiger partial charge is 0.375 e. The number of ether oxygens (including phenoxy) is 1. The van der Waals surface area contributed by atoms with Crippen LogP contribution in [0.25, 0.3) is 0 Å². The summed E-state index contributed by atoms with van der Waals surface area (Å²) >= 11 is 0. The molecule has 1 aromatic heterocycles. The number of hydrogen-bond donors (Lipinski definition) is 1. The fourth-order valence-corrected chi connectivity index (χ4v) is 3.71. The van der Waals surface area contributed by atoms with E-state index < -0.39 is 0 Å². The smallest absolute Gasteiger partial charge is 0.251 e. The molecule has 140 valence electrons. The van der Waals surface area contributed by atoms with Crippen molar-refractivity contribution >= 4 is 5.91 Å². The van der Waals surface area contributed by atoms with E-state index in [0.29, 0.717) is 5.56 Å². The molecule has 5 heteroatoms. The van der Waals surface area contributed by atoms with Gasteiger partial charge in [0.15, 0.2) is 0 Å². The summed E-state index contributed by atoms with van der Waals surface area (Å²) < 4.78 is 8.28. The van der Waals surface area contributed by atoms with Crippen LogP contribution >= 0.6 is 0 Å². The highest BCUT2D eigenvalue weighted by molar-refractivity contribution is 5.94. The van der Waals surface area contributed by atoms with Gasteiger partial charge in [0.25, 0.3) is 5.91 Å². The van der Waals surface area contributed by atoms with Gasteiger partial charge in [0.2, 0.25) is 0 Å². The highest BCUT2D eigenvalue weighted by Crippen LogP contribution is 2.24. The van der Waals surface area contributed by atoms with Gasteiger partial charge in [0.1, 0.15) is 0 Å². The quantitative estimate of drug-likeness (QED) is 0.860. The molecule has 0 bridgehead atoms. The van der Waals surface area contributed by atoms with Crippen molar-refractivity contribution in [1.29, 1.82) is 0 Å². The minimum Gasteiger partial charge on any atom is -0.375 e. The molecule has 1 saturated heterocycles. The van der Waals surface area contributed by atoms with Crippen molar-refractivity contribution in [3.05, 3.63) is 53.3 Å². The molecule has 1 aliphatic rings. The zero-order chi connectivity index (χ0) is 18.5. The lowest BCUT2D eigenvalue weighted by Crippen LogP contribution is -2.45. The monoisotopic (exact) mass is 355 g/mol. The van der Waals surface area contributed by atoms with Crippen molar-refractivity contribution in [2.75, 3.05) is 0 Å². The molecule has 1 aliphatic heterocycles. The SMILES string of the molecule is CC[C@H]1C[C@@H](NC(=O)c2ccccc2)C[C@@H](CCn2nc(C)cc2C)O1. The van der Waals surface area contributed by atoms with E-state index in [0.717, 1.165) is 37.9 Å².